The van der Waals surface area contributed by atoms with Gasteiger partial charge in [0.2, 0.25) is 0 Å². The van der Waals surface area contributed by atoms with E-state index in [2.05, 4.69) is 25.0 Å². The van der Waals surface area contributed by atoms with Crippen molar-refractivity contribution in [2.75, 3.05) is 0 Å². The second-order valence-corrected chi connectivity index (χ2v) is 9.89. The minimum atomic E-state index is -0.494. The van der Waals surface area contributed by atoms with Crippen LogP contribution in [-0.2, 0) is 29.7 Å². The highest BCUT2D eigenvalue weighted by atomic mass is 35.5. The predicted octanol–water partition coefficient (Wildman–Crippen LogP) is 3.98. The van der Waals surface area contributed by atoms with E-state index < -0.39 is 11.8 Å². The van der Waals surface area contributed by atoms with Gasteiger partial charge in [0, 0.05) is 66.3 Å². The smallest absolute Gasteiger partial charge is 0.261 e. The zero-order valence-corrected chi connectivity index (χ0v) is 21.6. The van der Waals surface area contributed by atoms with E-state index in [4.69, 9.17) is 16.6 Å². The van der Waals surface area contributed by atoms with Crippen LogP contribution in [0, 0.1) is 0 Å². The minimum absolute atomic E-state index is 0.218. The summed E-state index contributed by atoms with van der Waals surface area (Å²) in [5, 5.41) is 9.20. The summed E-state index contributed by atoms with van der Waals surface area (Å²) in [5.41, 5.74) is 4.40. The molecular formula is C28H21ClN8O2. The molecule has 39 heavy (non-hydrogen) atoms. The van der Waals surface area contributed by atoms with Gasteiger partial charge in [-0.3, -0.25) is 19.9 Å². The summed E-state index contributed by atoms with van der Waals surface area (Å²) in [7, 11) is 1.77. The third-order valence-corrected chi connectivity index (χ3v) is 7.27. The van der Waals surface area contributed by atoms with Crippen molar-refractivity contribution >= 4 is 67.5 Å². The highest BCUT2D eigenvalue weighted by Gasteiger charge is 2.36. The van der Waals surface area contributed by atoms with E-state index in [-0.39, 0.29) is 11.1 Å². The van der Waals surface area contributed by atoms with E-state index in [1.165, 1.54) is 0 Å². The van der Waals surface area contributed by atoms with E-state index in [0.29, 0.717) is 39.4 Å². The fourth-order valence-electron chi connectivity index (χ4n) is 5.28. The van der Waals surface area contributed by atoms with E-state index in [1.54, 1.807) is 36.5 Å². The van der Waals surface area contributed by atoms with Crippen LogP contribution in [-0.4, -0.2) is 45.7 Å². The van der Waals surface area contributed by atoms with Gasteiger partial charge in [0.05, 0.1) is 34.0 Å². The maximum atomic E-state index is 13.3. The van der Waals surface area contributed by atoms with Gasteiger partial charge in [0.1, 0.15) is 5.69 Å². The highest BCUT2D eigenvalue weighted by Crippen LogP contribution is 2.38. The molecule has 1 aliphatic heterocycles. The number of amides is 2. The standard InChI is InChI=1S/C28H21ClN8O2/c1-35-26-18(13-21-20(32-26)4-2-7-31-21)25(34-35)24-23(27(38)33-28(24)39)19-14-37(10-3-9-36-11-8-30-15-36)22-12-16(29)5-6-17(19)22/h2,4-8,11-15H,3,9-10H2,1H3,(H,33,38,39). The van der Waals surface area contributed by atoms with Crippen molar-refractivity contribution in [3.05, 3.63) is 83.8 Å². The van der Waals surface area contributed by atoms with Gasteiger partial charge in [-0.15, -0.1) is 0 Å². The lowest BCUT2D eigenvalue weighted by molar-refractivity contribution is -0.122. The first kappa shape index (κ1) is 23.3. The molecule has 0 aliphatic carbocycles. The molecule has 10 nitrogen and oxygen atoms in total. The zero-order valence-electron chi connectivity index (χ0n) is 20.8. The Kier molecular flexibility index (Phi) is 5.31. The van der Waals surface area contributed by atoms with Gasteiger partial charge < -0.3 is 9.13 Å². The summed E-state index contributed by atoms with van der Waals surface area (Å²) in [6.07, 6.45) is 9.90. The predicted molar refractivity (Wildman–Crippen MR) is 148 cm³/mol. The van der Waals surface area contributed by atoms with Crippen molar-refractivity contribution in [3.63, 3.8) is 0 Å². The summed E-state index contributed by atoms with van der Waals surface area (Å²) in [5.74, 6) is -0.959. The van der Waals surface area contributed by atoms with Gasteiger partial charge in [-0.2, -0.15) is 5.10 Å². The Labute approximate surface area is 226 Å². The summed E-state index contributed by atoms with van der Waals surface area (Å²) < 4.78 is 5.71. The number of aryl methyl sites for hydroxylation is 3. The molecule has 0 saturated heterocycles. The largest absolute Gasteiger partial charge is 0.347 e. The molecule has 0 spiro atoms. The number of pyridine rings is 2. The Morgan fingerprint density at radius 2 is 1.85 bits per heavy atom. The van der Waals surface area contributed by atoms with E-state index in [9.17, 15) is 9.59 Å². The van der Waals surface area contributed by atoms with Crippen molar-refractivity contribution in [2.45, 2.75) is 19.5 Å². The summed E-state index contributed by atoms with van der Waals surface area (Å²) in [4.78, 5) is 39.8. The van der Waals surface area contributed by atoms with Gasteiger partial charge in [-0.05, 0) is 36.8 Å². The molecule has 7 rings (SSSR count). The van der Waals surface area contributed by atoms with Crippen molar-refractivity contribution in [1.29, 1.82) is 0 Å². The summed E-state index contributed by atoms with van der Waals surface area (Å²) >= 11 is 6.37. The number of imide groups is 1. The Balaban J connectivity index is 1.41. The van der Waals surface area contributed by atoms with Crippen LogP contribution in [0.5, 0.6) is 0 Å². The van der Waals surface area contributed by atoms with E-state index in [1.807, 2.05) is 47.3 Å². The fourth-order valence-corrected chi connectivity index (χ4v) is 5.44. The lowest BCUT2D eigenvalue weighted by Crippen LogP contribution is -2.22. The van der Waals surface area contributed by atoms with Crippen molar-refractivity contribution in [2.24, 2.45) is 7.05 Å². The first-order valence-corrected chi connectivity index (χ1v) is 12.8. The molecule has 192 valence electrons. The molecule has 1 N–H and O–H groups in total. The number of benzene rings is 1. The van der Waals surface area contributed by atoms with Crippen molar-refractivity contribution < 1.29 is 9.59 Å². The Morgan fingerprint density at radius 3 is 2.69 bits per heavy atom. The number of carbonyl (C=O) groups is 2. The molecular weight excluding hydrogens is 516 g/mol. The highest BCUT2D eigenvalue weighted by molar-refractivity contribution is 6.50. The minimum Gasteiger partial charge on any atom is -0.347 e. The Morgan fingerprint density at radius 1 is 0.974 bits per heavy atom. The number of halogens is 1. The van der Waals surface area contributed by atoms with Crippen LogP contribution in [0.15, 0.2) is 67.5 Å². The number of rotatable bonds is 6. The fraction of sp³-hybridized carbons (Fsp3) is 0.143. The Bertz CT molecular complexity index is 1980. The monoisotopic (exact) mass is 536 g/mol. The van der Waals surface area contributed by atoms with Gasteiger partial charge in [-0.25, -0.2) is 14.6 Å². The molecule has 11 heteroatoms. The lowest BCUT2D eigenvalue weighted by atomic mass is 9.98. The molecule has 0 atom stereocenters. The molecule has 1 aromatic carbocycles. The second-order valence-electron chi connectivity index (χ2n) is 9.46. The van der Waals surface area contributed by atoms with Crippen molar-refractivity contribution in [3.8, 4) is 0 Å². The second kappa shape index (κ2) is 8.88. The number of aromatic nitrogens is 7. The number of nitrogens with zero attached hydrogens (tertiary/aromatic N) is 7. The van der Waals surface area contributed by atoms with E-state index in [0.717, 1.165) is 29.4 Å². The molecule has 0 bridgehead atoms. The molecule has 0 radical (unpaired) electrons. The quantitative estimate of drug-likeness (QED) is 0.322. The van der Waals surface area contributed by atoms with Crippen LogP contribution in [0.1, 0.15) is 17.7 Å². The number of hydrogen-bond acceptors (Lipinski definition) is 6. The maximum absolute atomic E-state index is 13.3. The van der Waals surface area contributed by atoms with E-state index >= 15 is 0 Å². The molecule has 6 heterocycles. The van der Waals surface area contributed by atoms with Crippen LogP contribution in [0.2, 0.25) is 5.02 Å². The number of imidazole rings is 1. The van der Waals surface area contributed by atoms with Gasteiger partial charge in [-0.1, -0.05) is 17.7 Å². The third kappa shape index (κ3) is 3.79. The first-order valence-electron chi connectivity index (χ1n) is 12.4. The molecule has 5 aromatic heterocycles. The average Bonchev–Trinajstić information content (AvgIpc) is 3.69. The molecule has 6 aromatic rings. The number of hydrogen-bond donors (Lipinski definition) is 1. The van der Waals surface area contributed by atoms with Gasteiger partial charge in [0.25, 0.3) is 11.8 Å². The summed E-state index contributed by atoms with van der Waals surface area (Å²) in [6.45, 7) is 1.47. The topological polar surface area (TPSA) is 113 Å². The molecule has 2 amide bonds. The molecule has 0 fully saturated rings. The number of carbonyl (C=O) groups excluding carboxylic acids is 2. The molecule has 0 saturated carbocycles. The average molecular weight is 537 g/mol. The molecule has 0 unspecified atom stereocenters. The van der Waals surface area contributed by atoms with Crippen LogP contribution < -0.4 is 5.32 Å². The lowest BCUT2D eigenvalue weighted by Gasteiger charge is -2.06. The van der Waals surface area contributed by atoms with Crippen LogP contribution in [0.25, 0.3) is 44.1 Å². The maximum Gasteiger partial charge on any atom is 0.261 e. The normalized spacial score (nSPS) is 13.9. The molecule has 1 aliphatic rings. The SMILES string of the molecule is Cn1nc(C2=C(c3cn(CCCn4ccnc4)c4cc(Cl)ccc34)C(=O)NC2=O)c2cc3ncccc3nc21. The summed E-state index contributed by atoms with van der Waals surface area (Å²) in [6, 6.07) is 11.1. The Hall–Kier alpha value is -4.83. The zero-order chi connectivity index (χ0) is 26.7. The third-order valence-electron chi connectivity index (χ3n) is 7.03. The van der Waals surface area contributed by atoms with Crippen molar-refractivity contribution in [1.82, 2.24) is 39.2 Å². The number of nitrogens with one attached hydrogen (secondary N) is 1. The number of fused-ring (bicyclic) bond motifs is 3. The van der Waals surface area contributed by atoms with Crippen LogP contribution >= 0.6 is 11.6 Å². The first-order chi connectivity index (χ1) is 19.0. The van der Waals surface area contributed by atoms with Gasteiger partial charge in [0.15, 0.2) is 5.65 Å². The van der Waals surface area contributed by atoms with Gasteiger partial charge >= 0.3 is 0 Å². The van der Waals surface area contributed by atoms with Crippen LogP contribution in [0.3, 0.4) is 0 Å². The van der Waals surface area contributed by atoms with Crippen LogP contribution in [0.4, 0.5) is 0 Å².